The van der Waals surface area contributed by atoms with Crippen LogP contribution in [-0.2, 0) is 22.4 Å². The average Bonchev–Trinajstić information content (AvgIpc) is 3.02. The number of nitrogens with one attached hydrogen (secondary N) is 3. The predicted molar refractivity (Wildman–Crippen MR) is 99.9 cm³/mol. The standard InChI is InChI=1S/C19H23N3O5/c1-5-14-15(18(24)26-3)11(2)16(22-14)17(23)20-10-12-6-8-13(9-7-12)21-19(25)27-4/h6-9,22H,5,10H2,1-4H3,(H,20,23)(H,21,25). The van der Waals surface area contributed by atoms with E-state index in [4.69, 9.17) is 4.74 Å². The Hall–Kier alpha value is -3.29. The Bertz CT molecular complexity index is 840. The van der Waals surface area contributed by atoms with Crippen LogP contribution in [-0.4, -0.2) is 37.2 Å². The zero-order valence-corrected chi connectivity index (χ0v) is 15.8. The molecule has 144 valence electrons. The van der Waals surface area contributed by atoms with Crippen LogP contribution in [0.5, 0.6) is 0 Å². The van der Waals surface area contributed by atoms with Gasteiger partial charge in [-0.3, -0.25) is 10.1 Å². The van der Waals surface area contributed by atoms with Gasteiger partial charge in [-0.05, 0) is 36.6 Å². The molecule has 0 aliphatic rings. The van der Waals surface area contributed by atoms with Gasteiger partial charge >= 0.3 is 12.1 Å². The molecule has 1 aromatic carbocycles. The summed E-state index contributed by atoms with van der Waals surface area (Å²) in [5, 5.41) is 5.37. The Morgan fingerprint density at radius 1 is 1.07 bits per heavy atom. The number of benzene rings is 1. The van der Waals surface area contributed by atoms with Crippen LogP contribution in [0.15, 0.2) is 24.3 Å². The van der Waals surface area contributed by atoms with Crippen LogP contribution in [0.25, 0.3) is 0 Å². The van der Waals surface area contributed by atoms with Crippen LogP contribution in [0.2, 0.25) is 0 Å². The zero-order chi connectivity index (χ0) is 20.0. The van der Waals surface area contributed by atoms with Crippen molar-refractivity contribution in [3.05, 3.63) is 52.3 Å². The fraction of sp³-hybridized carbons (Fsp3) is 0.316. The van der Waals surface area contributed by atoms with Crippen molar-refractivity contribution in [3.8, 4) is 0 Å². The van der Waals surface area contributed by atoms with Crippen LogP contribution < -0.4 is 10.6 Å². The highest BCUT2D eigenvalue weighted by atomic mass is 16.5. The number of aromatic amines is 1. The van der Waals surface area contributed by atoms with E-state index in [1.807, 2.05) is 6.92 Å². The molecule has 0 fully saturated rings. The molecule has 0 saturated carbocycles. The first kappa shape index (κ1) is 20.0. The van der Waals surface area contributed by atoms with Gasteiger partial charge in [0.1, 0.15) is 5.69 Å². The minimum Gasteiger partial charge on any atom is -0.465 e. The van der Waals surface area contributed by atoms with Crippen molar-refractivity contribution in [1.29, 1.82) is 0 Å². The molecule has 3 N–H and O–H groups in total. The largest absolute Gasteiger partial charge is 0.465 e. The van der Waals surface area contributed by atoms with E-state index in [-0.39, 0.29) is 5.91 Å². The molecular weight excluding hydrogens is 350 g/mol. The second-order valence-electron chi connectivity index (χ2n) is 5.82. The van der Waals surface area contributed by atoms with Crippen LogP contribution >= 0.6 is 0 Å². The van der Waals surface area contributed by atoms with Crippen molar-refractivity contribution in [2.75, 3.05) is 19.5 Å². The lowest BCUT2D eigenvalue weighted by Crippen LogP contribution is -2.24. The third kappa shape index (κ3) is 4.66. The van der Waals surface area contributed by atoms with Crippen LogP contribution in [0, 0.1) is 6.92 Å². The molecule has 0 aliphatic heterocycles. The highest BCUT2D eigenvalue weighted by Gasteiger charge is 2.23. The maximum absolute atomic E-state index is 12.5. The molecule has 27 heavy (non-hydrogen) atoms. The van der Waals surface area contributed by atoms with Crippen molar-refractivity contribution in [3.63, 3.8) is 0 Å². The number of amides is 2. The number of carbonyl (C=O) groups excluding carboxylic acids is 3. The summed E-state index contributed by atoms with van der Waals surface area (Å²) in [7, 11) is 2.60. The number of ether oxygens (including phenoxy) is 2. The van der Waals surface area contributed by atoms with E-state index in [0.29, 0.717) is 41.2 Å². The maximum atomic E-state index is 12.5. The van der Waals surface area contributed by atoms with Gasteiger partial charge in [0.05, 0.1) is 19.8 Å². The highest BCUT2D eigenvalue weighted by Crippen LogP contribution is 2.20. The zero-order valence-electron chi connectivity index (χ0n) is 15.8. The van der Waals surface area contributed by atoms with Crippen LogP contribution in [0.4, 0.5) is 10.5 Å². The van der Waals surface area contributed by atoms with E-state index >= 15 is 0 Å². The number of methoxy groups -OCH3 is 2. The summed E-state index contributed by atoms with van der Waals surface area (Å²) < 4.78 is 9.33. The first-order valence-corrected chi connectivity index (χ1v) is 8.43. The molecule has 0 radical (unpaired) electrons. The first-order chi connectivity index (χ1) is 12.9. The third-order valence-electron chi connectivity index (χ3n) is 4.14. The monoisotopic (exact) mass is 373 g/mol. The van der Waals surface area contributed by atoms with Gasteiger partial charge < -0.3 is 19.8 Å². The van der Waals surface area contributed by atoms with E-state index < -0.39 is 12.1 Å². The molecule has 2 rings (SSSR count). The summed E-state index contributed by atoms with van der Waals surface area (Å²) in [6, 6.07) is 6.99. The number of anilines is 1. The van der Waals surface area contributed by atoms with Gasteiger partial charge in [-0.1, -0.05) is 19.1 Å². The van der Waals surface area contributed by atoms with Gasteiger partial charge in [0, 0.05) is 17.9 Å². The summed E-state index contributed by atoms with van der Waals surface area (Å²) in [5.74, 6) is -0.775. The minimum atomic E-state index is -0.550. The molecule has 0 aliphatic carbocycles. The van der Waals surface area contributed by atoms with Gasteiger partial charge in [0.2, 0.25) is 0 Å². The number of aryl methyl sites for hydroxylation is 1. The van der Waals surface area contributed by atoms with Gasteiger partial charge in [-0.25, -0.2) is 9.59 Å². The summed E-state index contributed by atoms with van der Waals surface area (Å²) in [6.07, 6.45) is 0.0270. The van der Waals surface area contributed by atoms with Crippen LogP contribution in [0.1, 0.15) is 44.6 Å². The summed E-state index contributed by atoms with van der Waals surface area (Å²) >= 11 is 0. The van der Waals surface area contributed by atoms with Crippen molar-refractivity contribution in [2.45, 2.75) is 26.8 Å². The number of carbonyl (C=O) groups is 3. The van der Waals surface area contributed by atoms with Gasteiger partial charge in [0.25, 0.3) is 5.91 Å². The molecule has 2 aromatic rings. The minimum absolute atomic E-state index is 0.296. The smallest absolute Gasteiger partial charge is 0.411 e. The summed E-state index contributed by atoms with van der Waals surface area (Å²) in [6.45, 7) is 3.90. The topological polar surface area (TPSA) is 110 Å². The predicted octanol–water partition coefficient (Wildman–Crippen LogP) is 2.78. The average molecular weight is 373 g/mol. The Labute approximate surface area is 157 Å². The number of hydrogen-bond donors (Lipinski definition) is 3. The Kier molecular flexibility index (Phi) is 6.59. The summed E-state index contributed by atoms with van der Waals surface area (Å²) in [5.41, 5.74) is 3.43. The van der Waals surface area contributed by atoms with Crippen molar-refractivity contribution < 1.29 is 23.9 Å². The molecular formula is C19H23N3O5. The second-order valence-corrected chi connectivity index (χ2v) is 5.82. The summed E-state index contributed by atoms with van der Waals surface area (Å²) in [4.78, 5) is 38.6. The van der Waals surface area contributed by atoms with E-state index in [9.17, 15) is 14.4 Å². The number of rotatable bonds is 6. The van der Waals surface area contributed by atoms with Gasteiger partial charge in [-0.2, -0.15) is 0 Å². The van der Waals surface area contributed by atoms with E-state index in [0.717, 1.165) is 5.56 Å². The van der Waals surface area contributed by atoms with Gasteiger partial charge in [-0.15, -0.1) is 0 Å². The van der Waals surface area contributed by atoms with E-state index in [1.165, 1.54) is 14.2 Å². The molecule has 0 spiro atoms. The second kappa shape index (κ2) is 8.88. The Morgan fingerprint density at radius 2 is 1.74 bits per heavy atom. The normalized spacial score (nSPS) is 10.2. The molecule has 0 bridgehead atoms. The van der Waals surface area contributed by atoms with Crippen molar-refractivity contribution in [1.82, 2.24) is 10.3 Å². The van der Waals surface area contributed by atoms with Crippen molar-refractivity contribution in [2.24, 2.45) is 0 Å². The first-order valence-electron chi connectivity index (χ1n) is 8.43. The van der Waals surface area contributed by atoms with Crippen molar-refractivity contribution >= 4 is 23.7 Å². The number of H-pyrrole nitrogens is 1. The number of esters is 1. The fourth-order valence-electron chi connectivity index (χ4n) is 2.67. The molecule has 0 saturated heterocycles. The molecule has 2 amide bonds. The molecule has 0 atom stereocenters. The maximum Gasteiger partial charge on any atom is 0.411 e. The third-order valence-corrected chi connectivity index (χ3v) is 4.14. The Balaban J connectivity index is 2.07. The van der Waals surface area contributed by atoms with Gasteiger partial charge in [0.15, 0.2) is 0 Å². The number of hydrogen-bond acceptors (Lipinski definition) is 5. The fourth-order valence-corrected chi connectivity index (χ4v) is 2.67. The molecule has 0 unspecified atom stereocenters. The van der Waals surface area contributed by atoms with E-state index in [2.05, 4.69) is 20.4 Å². The quantitative estimate of drug-likeness (QED) is 0.675. The lowest BCUT2D eigenvalue weighted by molar-refractivity contribution is 0.0599. The molecule has 8 heteroatoms. The lowest BCUT2D eigenvalue weighted by Gasteiger charge is -2.07. The Morgan fingerprint density at radius 3 is 2.30 bits per heavy atom. The number of aromatic nitrogens is 1. The molecule has 8 nitrogen and oxygen atoms in total. The highest BCUT2D eigenvalue weighted by molar-refractivity contribution is 6.00. The van der Waals surface area contributed by atoms with E-state index in [1.54, 1.807) is 31.2 Å². The van der Waals surface area contributed by atoms with Crippen LogP contribution in [0.3, 0.4) is 0 Å². The molecule has 1 heterocycles. The lowest BCUT2D eigenvalue weighted by atomic mass is 10.1. The molecule has 1 aromatic heterocycles. The SMILES string of the molecule is CCc1[nH]c(C(=O)NCc2ccc(NC(=O)OC)cc2)c(C)c1C(=O)OC.